The van der Waals surface area contributed by atoms with Crippen molar-refractivity contribution in [1.29, 1.82) is 0 Å². The number of aromatic nitrogens is 2. The molecule has 0 saturated carbocycles. The van der Waals surface area contributed by atoms with E-state index in [-0.39, 0.29) is 0 Å². The van der Waals surface area contributed by atoms with Gasteiger partial charge in [-0.2, -0.15) is 5.10 Å². The fraction of sp³-hybridized carbons (Fsp3) is 0.700. The van der Waals surface area contributed by atoms with Crippen LogP contribution in [0.3, 0.4) is 0 Å². The van der Waals surface area contributed by atoms with Crippen LogP contribution in [0, 0.1) is 0 Å². The topological polar surface area (TPSA) is 39.1 Å². The SMILES string of the molecule is CCNCCCCOc1cnn(C)c1. The molecule has 1 rings (SSSR count). The monoisotopic (exact) mass is 197 g/mol. The highest BCUT2D eigenvalue weighted by Crippen LogP contribution is 2.07. The van der Waals surface area contributed by atoms with E-state index in [2.05, 4.69) is 17.3 Å². The van der Waals surface area contributed by atoms with E-state index in [1.165, 1.54) is 0 Å². The lowest BCUT2D eigenvalue weighted by Crippen LogP contribution is -2.14. The third kappa shape index (κ3) is 4.28. The van der Waals surface area contributed by atoms with E-state index >= 15 is 0 Å². The third-order valence-electron chi connectivity index (χ3n) is 1.95. The van der Waals surface area contributed by atoms with Crippen molar-refractivity contribution in [3.05, 3.63) is 12.4 Å². The summed E-state index contributed by atoms with van der Waals surface area (Å²) in [6.45, 7) is 5.01. The second kappa shape index (κ2) is 6.43. The van der Waals surface area contributed by atoms with E-state index in [1.807, 2.05) is 13.2 Å². The summed E-state index contributed by atoms with van der Waals surface area (Å²) < 4.78 is 7.24. The van der Waals surface area contributed by atoms with Gasteiger partial charge in [0.25, 0.3) is 0 Å². The van der Waals surface area contributed by atoms with Crippen LogP contribution in [0.2, 0.25) is 0 Å². The summed E-state index contributed by atoms with van der Waals surface area (Å²) in [5, 5.41) is 7.30. The van der Waals surface area contributed by atoms with Crippen molar-refractivity contribution in [3.8, 4) is 5.75 Å². The van der Waals surface area contributed by atoms with Gasteiger partial charge < -0.3 is 10.1 Å². The van der Waals surface area contributed by atoms with Gasteiger partial charge in [-0.25, -0.2) is 0 Å². The standard InChI is InChI=1S/C10H19N3O/c1-3-11-6-4-5-7-14-10-8-12-13(2)9-10/h8-9,11H,3-7H2,1-2H3. The minimum Gasteiger partial charge on any atom is -0.490 e. The first-order valence-electron chi connectivity index (χ1n) is 5.15. The second-order valence-corrected chi connectivity index (χ2v) is 3.26. The summed E-state index contributed by atoms with van der Waals surface area (Å²) in [6, 6.07) is 0. The molecular weight excluding hydrogens is 178 g/mol. The van der Waals surface area contributed by atoms with Gasteiger partial charge in [0.1, 0.15) is 0 Å². The highest BCUT2D eigenvalue weighted by atomic mass is 16.5. The Labute approximate surface area is 85.3 Å². The molecule has 80 valence electrons. The number of hydrogen-bond acceptors (Lipinski definition) is 3. The molecule has 0 amide bonds. The molecule has 1 heterocycles. The van der Waals surface area contributed by atoms with Crippen LogP contribution in [0.1, 0.15) is 19.8 Å². The number of unbranched alkanes of at least 4 members (excludes halogenated alkanes) is 1. The Kier molecular flexibility index (Phi) is 5.07. The van der Waals surface area contributed by atoms with Crippen molar-refractivity contribution >= 4 is 0 Å². The predicted octanol–water partition coefficient (Wildman–Crippen LogP) is 1.19. The molecule has 1 N–H and O–H groups in total. The van der Waals surface area contributed by atoms with Crippen molar-refractivity contribution < 1.29 is 4.74 Å². The van der Waals surface area contributed by atoms with Crippen LogP contribution in [0.5, 0.6) is 5.75 Å². The van der Waals surface area contributed by atoms with Gasteiger partial charge in [-0.3, -0.25) is 4.68 Å². The van der Waals surface area contributed by atoms with Crippen LogP contribution < -0.4 is 10.1 Å². The molecule has 0 fully saturated rings. The predicted molar refractivity (Wildman–Crippen MR) is 56.5 cm³/mol. The van der Waals surface area contributed by atoms with Crippen molar-refractivity contribution in [2.45, 2.75) is 19.8 Å². The average Bonchev–Trinajstić information content (AvgIpc) is 2.58. The maximum Gasteiger partial charge on any atom is 0.157 e. The molecule has 0 aliphatic carbocycles. The van der Waals surface area contributed by atoms with Gasteiger partial charge in [-0.05, 0) is 25.9 Å². The summed E-state index contributed by atoms with van der Waals surface area (Å²) in [5.41, 5.74) is 0. The summed E-state index contributed by atoms with van der Waals surface area (Å²) in [7, 11) is 1.89. The lowest BCUT2D eigenvalue weighted by Gasteiger charge is -2.03. The molecule has 1 aromatic rings. The quantitative estimate of drug-likeness (QED) is 0.667. The number of hydrogen-bond donors (Lipinski definition) is 1. The highest BCUT2D eigenvalue weighted by molar-refractivity contribution is 5.10. The first kappa shape index (κ1) is 11.0. The molecule has 0 unspecified atom stereocenters. The van der Waals surface area contributed by atoms with Gasteiger partial charge in [0.2, 0.25) is 0 Å². The van der Waals surface area contributed by atoms with Gasteiger partial charge in [-0.15, -0.1) is 0 Å². The molecule has 0 bridgehead atoms. The zero-order chi connectivity index (χ0) is 10.2. The molecule has 4 heteroatoms. The number of rotatable bonds is 7. The van der Waals surface area contributed by atoms with Crippen LogP contribution in [-0.4, -0.2) is 29.5 Å². The minimum atomic E-state index is 0.775. The Balaban J connectivity index is 1.99. The van der Waals surface area contributed by atoms with Gasteiger partial charge in [0, 0.05) is 7.05 Å². The number of ether oxygens (including phenoxy) is 1. The van der Waals surface area contributed by atoms with E-state index in [0.29, 0.717) is 0 Å². The largest absolute Gasteiger partial charge is 0.490 e. The number of nitrogens with one attached hydrogen (secondary N) is 1. The lowest BCUT2D eigenvalue weighted by molar-refractivity contribution is 0.306. The Morgan fingerprint density at radius 3 is 3.00 bits per heavy atom. The maximum absolute atomic E-state index is 5.50. The Hall–Kier alpha value is -1.03. The van der Waals surface area contributed by atoms with Crippen molar-refractivity contribution in [1.82, 2.24) is 15.1 Å². The average molecular weight is 197 g/mol. The molecule has 0 aromatic carbocycles. The van der Waals surface area contributed by atoms with Crippen LogP contribution in [0.25, 0.3) is 0 Å². The highest BCUT2D eigenvalue weighted by Gasteiger charge is 1.95. The Morgan fingerprint density at radius 1 is 1.50 bits per heavy atom. The molecule has 0 spiro atoms. The molecule has 1 aromatic heterocycles. The van der Waals surface area contributed by atoms with Gasteiger partial charge in [0.05, 0.1) is 19.0 Å². The fourth-order valence-corrected chi connectivity index (χ4v) is 1.19. The summed E-state index contributed by atoms with van der Waals surface area (Å²) in [6.07, 6.45) is 5.87. The van der Waals surface area contributed by atoms with Crippen LogP contribution >= 0.6 is 0 Å². The van der Waals surface area contributed by atoms with Crippen LogP contribution in [-0.2, 0) is 7.05 Å². The van der Waals surface area contributed by atoms with Gasteiger partial charge in [-0.1, -0.05) is 6.92 Å². The Bertz CT molecular complexity index is 247. The lowest BCUT2D eigenvalue weighted by atomic mass is 10.3. The summed E-state index contributed by atoms with van der Waals surface area (Å²) in [5.74, 6) is 0.857. The molecule has 0 aliphatic heterocycles. The van der Waals surface area contributed by atoms with E-state index in [9.17, 15) is 0 Å². The molecule has 0 atom stereocenters. The second-order valence-electron chi connectivity index (χ2n) is 3.26. The zero-order valence-corrected chi connectivity index (χ0v) is 8.99. The van der Waals surface area contributed by atoms with Gasteiger partial charge >= 0.3 is 0 Å². The van der Waals surface area contributed by atoms with Crippen LogP contribution in [0.4, 0.5) is 0 Å². The molecule has 0 saturated heterocycles. The molecule has 14 heavy (non-hydrogen) atoms. The van der Waals surface area contributed by atoms with E-state index < -0.39 is 0 Å². The Morgan fingerprint density at radius 2 is 2.36 bits per heavy atom. The third-order valence-corrected chi connectivity index (χ3v) is 1.95. The van der Waals surface area contributed by atoms with E-state index in [1.54, 1.807) is 10.9 Å². The van der Waals surface area contributed by atoms with Crippen molar-refractivity contribution in [2.24, 2.45) is 7.05 Å². The summed E-state index contributed by atoms with van der Waals surface area (Å²) >= 11 is 0. The van der Waals surface area contributed by atoms with E-state index in [4.69, 9.17) is 4.74 Å². The molecule has 4 nitrogen and oxygen atoms in total. The zero-order valence-electron chi connectivity index (χ0n) is 8.99. The number of aryl methyl sites for hydroxylation is 1. The number of nitrogens with zero attached hydrogens (tertiary/aromatic N) is 2. The normalized spacial score (nSPS) is 10.4. The van der Waals surface area contributed by atoms with E-state index in [0.717, 1.165) is 38.3 Å². The molecular formula is C10H19N3O. The smallest absolute Gasteiger partial charge is 0.157 e. The molecule has 0 aliphatic rings. The summed E-state index contributed by atoms with van der Waals surface area (Å²) in [4.78, 5) is 0. The first-order valence-corrected chi connectivity index (χ1v) is 5.15. The maximum atomic E-state index is 5.50. The fourth-order valence-electron chi connectivity index (χ4n) is 1.19. The van der Waals surface area contributed by atoms with Crippen molar-refractivity contribution in [2.75, 3.05) is 19.7 Å². The van der Waals surface area contributed by atoms with Crippen LogP contribution in [0.15, 0.2) is 12.4 Å². The van der Waals surface area contributed by atoms with Gasteiger partial charge in [0.15, 0.2) is 5.75 Å². The van der Waals surface area contributed by atoms with Crippen molar-refractivity contribution in [3.63, 3.8) is 0 Å². The molecule has 0 radical (unpaired) electrons. The minimum absolute atomic E-state index is 0.775. The first-order chi connectivity index (χ1) is 6.83.